The molecule has 3 heteroatoms. The Kier molecular flexibility index (Phi) is 3.63. The second kappa shape index (κ2) is 4.53. The van der Waals surface area contributed by atoms with E-state index in [1.54, 1.807) is 6.07 Å². The number of Topliss-reactive ketones (excluding diaryl/α,β-unsaturated/α-hetero) is 1. The topological polar surface area (TPSA) is 37.3 Å². The van der Waals surface area contributed by atoms with Gasteiger partial charge in [0.25, 0.3) is 0 Å². The van der Waals surface area contributed by atoms with Crippen LogP contribution in [0.4, 0.5) is 0 Å². The average Bonchev–Trinajstić information content (AvgIpc) is 2.56. The minimum atomic E-state index is -0.251. The van der Waals surface area contributed by atoms with Gasteiger partial charge in [-0.05, 0) is 17.4 Å². The van der Waals surface area contributed by atoms with Gasteiger partial charge in [-0.15, -0.1) is 11.3 Å². The molecule has 0 aliphatic rings. The van der Waals surface area contributed by atoms with Crippen molar-refractivity contribution in [1.29, 1.82) is 0 Å². The first kappa shape index (κ1) is 10.4. The highest BCUT2D eigenvalue weighted by atomic mass is 32.1. The number of rotatable bonds is 4. The van der Waals surface area contributed by atoms with E-state index in [1.807, 2.05) is 25.3 Å². The van der Waals surface area contributed by atoms with Crippen LogP contribution in [0.3, 0.4) is 0 Å². The molecule has 1 atom stereocenters. The van der Waals surface area contributed by atoms with Crippen molar-refractivity contribution in [2.75, 3.05) is 6.61 Å². The van der Waals surface area contributed by atoms with E-state index >= 15 is 0 Å². The van der Waals surface area contributed by atoms with Gasteiger partial charge in [-0.3, -0.25) is 4.79 Å². The lowest BCUT2D eigenvalue weighted by Gasteiger charge is -2.15. The van der Waals surface area contributed by atoms with Gasteiger partial charge >= 0.3 is 0 Å². The summed E-state index contributed by atoms with van der Waals surface area (Å²) >= 11 is 1.43. The third kappa shape index (κ3) is 2.39. The monoisotopic (exact) mass is 198 g/mol. The molecular formula is C10H14O2S. The van der Waals surface area contributed by atoms with Gasteiger partial charge in [0.1, 0.15) is 0 Å². The molecule has 2 nitrogen and oxygen atoms in total. The Morgan fingerprint density at radius 1 is 1.62 bits per heavy atom. The Hall–Kier alpha value is -0.670. The maximum Gasteiger partial charge on any atom is 0.178 e. The zero-order valence-corrected chi connectivity index (χ0v) is 8.67. The third-order valence-corrected chi connectivity index (χ3v) is 2.99. The summed E-state index contributed by atoms with van der Waals surface area (Å²) in [7, 11) is 0. The minimum Gasteiger partial charge on any atom is -0.396 e. The number of carbonyl (C=O) groups is 1. The summed E-state index contributed by atoms with van der Waals surface area (Å²) in [6.07, 6.45) is 0. The van der Waals surface area contributed by atoms with Crippen molar-refractivity contribution < 1.29 is 9.90 Å². The first-order valence-electron chi connectivity index (χ1n) is 4.35. The molecule has 0 saturated carbocycles. The van der Waals surface area contributed by atoms with Crippen molar-refractivity contribution >= 4 is 17.1 Å². The standard InChI is InChI=1S/C10H14O2S/c1-7(2)8(6-11)10(12)9-4-3-5-13-9/h3-5,7-8,11H,6H2,1-2H3. The van der Waals surface area contributed by atoms with Crippen molar-refractivity contribution in [3.63, 3.8) is 0 Å². The molecule has 72 valence electrons. The number of carbonyl (C=O) groups excluding carboxylic acids is 1. The Bertz CT molecular complexity index is 264. The first-order valence-corrected chi connectivity index (χ1v) is 5.23. The fourth-order valence-corrected chi connectivity index (χ4v) is 1.93. The Labute approximate surface area is 82.2 Å². The predicted molar refractivity (Wildman–Crippen MR) is 54.1 cm³/mol. The molecule has 1 aromatic rings. The van der Waals surface area contributed by atoms with E-state index in [-0.39, 0.29) is 24.2 Å². The molecule has 0 aliphatic heterocycles. The summed E-state index contributed by atoms with van der Waals surface area (Å²) in [5.41, 5.74) is 0. The van der Waals surface area contributed by atoms with Gasteiger partial charge in [-0.25, -0.2) is 0 Å². The van der Waals surface area contributed by atoms with Gasteiger partial charge in [0, 0.05) is 5.92 Å². The minimum absolute atomic E-state index is 0.0611. The summed E-state index contributed by atoms with van der Waals surface area (Å²) in [6.45, 7) is 3.84. The Morgan fingerprint density at radius 2 is 2.31 bits per heavy atom. The Morgan fingerprint density at radius 3 is 2.69 bits per heavy atom. The highest BCUT2D eigenvalue weighted by Gasteiger charge is 2.22. The third-order valence-electron chi connectivity index (χ3n) is 2.10. The molecule has 0 fully saturated rings. The fraction of sp³-hybridized carbons (Fsp3) is 0.500. The summed E-state index contributed by atoms with van der Waals surface area (Å²) in [6, 6.07) is 3.66. The molecule has 0 amide bonds. The molecular weight excluding hydrogens is 184 g/mol. The molecule has 0 spiro atoms. The number of ketones is 1. The zero-order chi connectivity index (χ0) is 9.84. The lowest BCUT2D eigenvalue weighted by Crippen LogP contribution is -2.23. The van der Waals surface area contributed by atoms with Crippen LogP contribution in [0, 0.1) is 11.8 Å². The van der Waals surface area contributed by atoms with Crippen LogP contribution in [0.15, 0.2) is 17.5 Å². The average molecular weight is 198 g/mol. The van der Waals surface area contributed by atoms with Crippen molar-refractivity contribution in [3.05, 3.63) is 22.4 Å². The van der Waals surface area contributed by atoms with Crippen LogP contribution in [0.2, 0.25) is 0 Å². The largest absolute Gasteiger partial charge is 0.396 e. The van der Waals surface area contributed by atoms with E-state index in [2.05, 4.69) is 0 Å². The molecule has 1 rings (SSSR count). The summed E-state index contributed by atoms with van der Waals surface area (Å²) in [5.74, 6) is 0.00532. The van der Waals surface area contributed by atoms with Crippen molar-refractivity contribution in [3.8, 4) is 0 Å². The molecule has 13 heavy (non-hydrogen) atoms. The molecule has 1 unspecified atom stereocenters. The van der Waals surface area contributed by atoms with E-state index in [1.165, 1.54) is 11.3 Å². The number of aliphatic hydroxyl groups is 1. The van der Waals surface area contributed by atoms with Crippen LogP contribution in [-0.2, 0) is 0 Å². The van der Waals surface area contributed by atoms with E-state index in [4.69, 9.17) is 5.11 Å². The van der Waals surface area contributed by atoms with Crippen LogP contribution in [0.1, 0.15) is 23.5 Å². The molecule has 1 heterocycles. The van der Waals surface area contributed by atoms with Gasteiger partial charge in [-0.1, -0.05) is 19.9 Å². The van der Waals surface area contributed by atoms with Gasteiger partial charge in [-0.2, -0.15) is 0 Å². The van der Waals surface area contributed by atoms with Crippen LogP contribution < -0.4 is 0 Å². The summed E-state index contributed by atoms with van der Waals surface area (Å²) < 4.78 is 0. The molecule has 0 bridgehead atoms. The number of thiophene rings is 1. The van der Waals surface area contributed by atoms with E-state index in [9.17, 15) is 4.79 Å². The van der Waals surface area contributed by atoms with E-state index in [0.29, 0.717) is 0 Å². The smallest absolute Gasteiger partial charge is 0.178 e. The van der Waals surface area contributed by atoms with Crippen molar-refractivity contribution in [1.82, 2.24) is 0 Å². The molecule has 0 saturated heterocycles. The van der Waals surface area contributed by atoms with E-state index < -0.39 is 0 Å². The van der Waals surface area contributed by atoms with Crippen LogP contribution in [0.5, 0.6) is 0 Å². The zero-order valence-electron chi connectivity index (χ0n) is 7.86. The summed E-state index contributed by atoms with van der Waals surface area (Å²) in [4.78, 5) is 12.5. The van der Waals surface area contributed by atoms with Crippen molar-refractivity contribution in [2.45, 2.75) is 13.8 Å². The van der Waals surface area contributed by atoms with Gasteiger partial charge in [0.15, 0.2) is 5.78 Å². The van der Waals surface area contributed by atoms with Gasteiger partial charge in [0.2, 0.25) is 0 Å². The second-order valence-electron chi connectivity index (χ2n) is 3.37. The maximum absolute atomic E-state index is 11.7. The van der Waals surface area contributed by atoms with Gasteiger partial charge in [0.05, 0.1) is 11.5 Å². The SMILES string of the molecule is CC(C)C(CO)C(=O)c1cccs1. The molecule has 0 aliphatic carbocycles. The summed E-state index contributed by atoms with van der Waals surface area (Å²) in [5, 5.41) is 10.9. The molecule has 0 aromatic carbocycles. The quantitative estimate of drug-likeness (QED) is 0.753. The van der Waals surface area contributed by atoms with E-state index in [0.717, 1.165) is 4.88 Å². The first-order chi connectivity index (χ1) is 6.16. The highest BCUT2D eigenvalue weighted by molar-refractivity contribution is 7.12. The second-order valence-corrected chi connectivity index (χ2v) is 4.32. The lowest BCUT2D eigenvalue weighted by atomic mass is 9.92. The number of hydrogen-bond acceptors (Lipinski definition) is 3. The normalized spacial score (nSPS) is 13.2. The Balaban J connectivity index is 2.77. The van der Waals surface area contributed by atoms with Gasteiger partial charge < -0.3 is 5.11 Å². The van der Waals surface area contributed by atoms with Crippen LogP contribution >= 0.6 is 11.3 Å². The molecule has 1 N–H and O–H groups in total. The predicted octanol–water partition coefficient (Wildman–Crippen LogP) is 2.20. The highest BCUT2D eigenvalue weighted by Crippen LogP contribution is 2.19. The lowest BCUT2D eigenvalue weighted by molar-refractivity contribution is 0.0811. The molecule has 0 radical (unpaired) electrons. The fourth-order valence-electron chi connectivity index (χ4n) is 1.20. The maximum atomic E-state index is 11.7. The number of aliphatic hydroxyl groups excluding tert-OH is 1. The van der Waals surface area contributed by atoms with Crippen molar-refractivity contribution in [2.24, 2.45) is 11.8 Å². The van der Waals surface area contributed by atoms with Crippen LogP contribution in [0.25, 0.3) is 0 Å². The van der Waals surface area contributed by atoms with Crippen LogP contribution in [-0.4, -0.2) is 17.5 Å². The molecule has 1 aromatic heterocycles. The number of hydrogen-bond donors (Lipinski definition) is 1.